The molecule has 0 atom stereocenters. The quantitative estimate of drug-likeness (QED) is 0.351. The van der Waals surface area contributed by atoms with Crippen molar-refractivity contribution < 1.29 is 4.92 Å². The van der Waals surface area contributed by atoms with Crippen LogP contribution in [0.1, 0.15) is 11.4 Å². The monoisotopic (exact) mass is 275 g/mol. The van der Waals surface area contributed by atoms with Crippen molar-refractivity contribution in [2.75, 3.05) is 10.9 Å². The van der Waals surface area contributed by atoms with Crippen LogP contribution in [0.3, 0.4) is 0 Å². The topological polar surface area (TPSA) is 145 Å². The number of hydrogen-bond donors (Lipinski definition) is 4. The molecule has 0 fully saturated rings. The first-order valence-electron chi connectivity index (χ1n) is 5.68. The van der Waals surface area contributed by atoms with E-state index < -0.39 is 10.6 Å². The number of anilines is 2. The average molecular weight is 275 g/mol. The second kappa shape index (κ2) is 5.91. The summed E-state index contributed by atoms with van der Waals surface area (Å²) in [6, 6.07) is 9.45. The van der Waals surface area contributed by atoms with E-state index in [0.717, 1.165) is 5.56 Å². The molecule has 0 saturated heterocycles. The molecule has 2 aromatic rings. The highest BCUT2D eigenvalue weighted by molar-refractivity contribution is 5.69. The molecule has 9 nitrogen and oxygen atoms in total. The number of hydrazine groups is 2. The molecule has 1 aromatic carbocycles. The minimum absolute atomic E-state index is 0.0936. The van der Waals surface area contributed by atoms with Crippen LogP contribution in [0, 0.1) is 10.1 Å². The number of nitrogens with two attached hydrogens (primary N) is 2. The lowest BCUT2D eigenvalue weighted by Crippen LogP contribution is -2.18. The minimum Gasteiger partial charge on any atom is -0.302 e. The molecule has 2 rings (SSSR count). The number of hydrogen-bond acceptors (Lipinski definition) is 8. The molecule has 1 heterocycles. The van der Waals surface area contributed by atoms with Gasteiger partial charge in [0.1, 0.15) is 5.82 Å². The van der Waals surface area contributed by atoms with E-state index in [2.05, 4.69) is 20.8 Å². The summed E-state index contributed by atoms with van der Waals surface area (Å²) in [5.74, 6) is 10.7. The highest BCUT2D eigenvalue weighted by Gasteiger charge is 2.23. The maximum Gasteiger partial charge on any atom is 0.355 e. The zero-order valence-electron chi connectivity index (χ0n) is 10.4. The summed E-state index contributed by atoms with van der Waals surface area (Å²) in [4.78, 5) is 18.4. The molecule has 9 heteroatoms. The zero-order valence-corrected chi connectivity index (χ0v) is 10.4. The SMILES string of the molecule is NNc1nc(Cc2ccccc2)nc(NN)c1[N+](=O)[O-]. The number of nitrogens with one attached hydrogen (secondary N) is 2. The maximum atomic E-state index is 11.0. The third kappa shape index (κ3) is 2.79. The molecule has 0 amide bonds. The van der Waals surface area contributed by atoms with Gasteiger partial charge in [0, 0.05) is 6.42 Å². The predicted molar refractivity (Wildman–Crippen MR) is 73.6 cm³/mol. The zero-order chi connectivity index (χ0) is 14.5. The fraction of sp³-hybridized carbons (Fsp3) is 0.0909. The standard InChI is InChI=1S/C11H13N7O2/c12-16-10-9(18(19)20)11(17-13)15-8(14-10)6-7-4-2-1-3-5-7/h1-5H,6,12-13H2,(H2,14,15,16,17). The summed E-state index contributed by atoms with van der Waals surface area (Å²) in [5.41, 5.74) is 4.95. The molecule has 0 bridgehead atoms. The van der Waals surface area contributed by atoms with Gasteiger partial charge in [0.05, 0.1) is 4.92 Å². The predicted octanol–water partition coefficient (Wildman–Crippen LogP) is 0.547. The van der Waals surface area contributed by atoms with Crippen LogP contribution in [0.2, 0.25) is 0 Å². The van der Waals surface area contributed by atoms with Crippen LogP contribution in [0.5, 0.6) is 0 Å². The Balaban J connectivity index is 2.43. The third-order valence-corrected chi connectivity index (χ3v) is 2.59. The number of nitrogen functional groups attached to an aromatic ring is 2. The first-order chi connectivity index (χ1) is 9.65. The molecular formula is C11H13N7O2. The smallest absolute Gasteiger partial charge is 0.302 e. The van der Waals surface area contributed by atoms with Gasteiger partial charge >= 0.3 is 5.69 Å². The third-order valence-electron chi connectivity index (χ3n) is 2.59. The molecule has 20 heavy (non-hydrogen) atoms. The van der Waals surface area contributed by atoms with Gasteiger partial charge in [-0.05, 0) is 5.56 Å². The Morgan fingerprint density at radius 1 is 1.10 bits per heavy atom. The summed E-state index contributed by atoms with van der Waals surface area (Å²) in [6.45, 7) is 0. The van der Waals surface area contributed by atoms with Crippen molar-refractivity contribution in [1.82, 2.24) is 9.97 Å². The molecule has 0 aliphatic heterocycles. The van der Waals surface area contributed by atoms with Gasteiger partial charge < -0.3 is 10.9 Å². The van der Waals surface area contributed by atoms with Crippen LogP contribution in [0.15, 0.2) is 30.3 Å². The Bertz CT molecular complexity index is 592. The lowest BCUT2D eigenvalue weighted by atomic mass is 10.1. The molecule has 104 valence electrons. The van der Waals surface area contributed by atoms with Crippen LogP contribution >= 0.6 is 0 Å². The number of aromatic nitrogens is 2. The molecule has 0 unspecified atom stereocenters. The Kier molecular flexibility index (Phi) is 4.03. The van der Waals surface area contributed by atoms with Crippen LogP contribution in [0.4, 0.5) is 17.3 Å². The van der Waals surface area contributed by atoms with Gasteiger partial charge in [-0.2, -0.15) is 0 Å². The molecule has 0 spiro atoms. The van der Waals surface area contributed by atoms with Crippen molar-refractivity contribution in [3.63, 3.8) is 0 Å². The molecule has 0 radical (unpaired) electrons. The molecule has 0 aliphatic rings. The number of benzene rings is 1. The van der Waals surface area contributed by atoms with E-state index in [1.54, 1.807) is 0 Å². The Labute approximate surface area is 114 Å². The Morgan fingerprint density at radius 2 is 1.65 bits per heavy atom. The van der Waals surface area contributed by atoms with Crippen molar-refractivity contribution in [2.24, 2.45) is 11.7 Å². The van der Waals surface area contributed by atoms with Gasteiger partial charge in [-0.25, -0.2) is 21.7 Å². The molecular weight excluding hydrogens is 262 g/mol. The van der Waals surface area contributed by atoms with Gasteiger partial charge in [0.25, 0.3) is 0 Å². The summed E-state index contributed by atoms with van der Waals surface area (Å²) >= 11 is 0. The minimum atomic E-state index is -0.656. The molecule has 6 N–H and O–H groups in total. The summed E-state index contributed by atoms with van der Waals surface area (Å²) in [7, 11) is 0. The van der Waals surface area contributed by atoms with E-state index in [4.69, 9.17) is 11.7 Å². The van der Waals surface area contributed by atoms with Gasteiger partial charge in [0.15, 0.2) is 0 Å². The average Bonchev–Trinajstić information content (AvgIpc) is 2.46. The van der Waals surface area contributed by atoms with Gasteiger partial charge in [-0.3, -0.25) is 10.1 Å². The second-order valence-electron chi connectivity index (χ2n) is 3.89. The first-order valence-corrected chi connectivity index (χ1v) is 5.68. The number of nitrogens with zero attached hydrogens (tertiary/aromatic N) is 3. The lowest BCUT2D eigenvalue weighted by molar-refractivity contribution is -0.383. The van der Waals surface area contributed by atoms with Crippen molar-refractivity contribution >= 4 is 17.3 Å². The highest BCUT2D eigenvalue weighted by atomic mass is 16.6. The fourth-order valence-corrected chi connectivity index (χ4v) is 1.73. The van der Waals surface area contributed by atoms with Gasteiger partial charge in [-0.15, -0.1) is 0 Å². The van der Waals surface area contributed by atoms with Crippen LogP contribution in [-0.2, 0) is 6.42 Å². The maximum absolute atomic E-state index is 11.0. The summed E-state index contributed by atoms with van der Waals surface area (Å²) < 4.78 is 0. The van der Waals surface area contributed by atoms with E-state index in [1.807, 2.05) is 30.3 Å². The van der Waals surface area contributed by atoms with Gasteiger partial charge in [-0.1, -0.05) is 30.3 Å². The second-order valence-corrected chi connectivity index (χ2v) is 3.89. The van der Waals surface area contributed by atoms with Gasteiger partial charge in [0.2, 0.25) is 11.6 Å². The fourth-order valence-electron chi connectivity index (χ4n) is 1.73. The van der Waals surface area contributed by atoms with Crippen LogP contribution in [-0.4, -0.2) is 14.9 Å². The van der Waals surface area contributed by atoms with Crippen molar-refractivity contribution in [3.8, 4) is 0 Å². The van der Waals surface area contributed by atoms with E-state index in [-0.39, 0.29) is 11.6 Å². The molecule has 1 aromatic heterocycles. The Morgan fingerprint density at radius 3 is 2.10 bits per heavy atom. The van der Waals surface area contributed by atoms with Crippen molar-refractivity contribution in [3.05, 3.63) is 51.8 Å². The van der Waals surface area contributed by atoms with E-state index in [9.17, 15) is 10.1 Å². The van der Waals surface area contributed by atoms with Crippen molar-refractivity contribution in [1.29, 1.82) is 0 Å². The lowest BCUT2D eigenvalue weighted by Gasteiger charge is -2.08. The largest absolute Gasteiger partial charge is 0.355 e. The van der Waals surface area contributed by atoms with Crippen LogP contribution in [0.25, 0.3) is 0 Å². The first kappa shape index (κ1) is 13.6. The number of rotatable bonds is 5. The Hall–Kier alpha value is -2.78. The molecule has 0 saturated carbocycles. The number of nitro groups is 1. The van der Waals surface area contributed by atoms with E-state index >= 15 is 0 Å². The van der Waals surface area contributed by atoms with E-state index in [0.29, 0.717) is 12.2 Å². The summed E-state index contributed by atoms with van der Waals surface area (Å²) in [6.07, 6.45) is 0.405. The summed E-state index contributed by atoms with van der Waals surface area (Å²) in [5, 5.41) is 11.0. The highest BCUT2D eigenvalue weighted by Crippen LogP contribution is 2.28. The normalized spacial score (nSPS) is 10.1. The molecule has 0 aliphatic carbocycles. The van der Waals surface area contributed by atoms with Crippen molar-refractivity contribution in [2.45, 2.75) is 6.42 Å². The van der Waals surface area contributed by atoms with E-state index in [1.165, 1.54) is 0 Å². The van der Waals surface area contributed by atoms with Crippen LogP contribution < -0.4 is 22.5 Å².